The molecule has 1 saturated heterocycles. The Kier molecular flexibility index (Phi) is 7.25. The largest absolute Gasteiger partial charge is 0.370 e. The quantitative estimate of drug-likeness (QED) is 0.345. The average Bonchev–Trinajstić information content (AvgIpc) is 2.42. The van der Waals surface area contributed by atoms with Gasteiger partial charge in [-0.15, -0.1) is 0 Å². The molecule has 1 aliphatic rings. The molecule has 6 nitrogen and oxygen atoms in total. The van der Waals surface area contributed by atoms with Crippen molar-refractivity contribution in [3.8, 4) is 0 Å². The van der Waals surface area contributed by atoms with Crippen molar-refractivity contribution in [3.05, 3.63) is 0 Å². The lowest BCUT2D eigenvalue weighted by atomic mass is 10.1. The summed E-state index contributed by atoms with van der Waals surface area (Å²) < 4.78 is 0. The number of carbonyl (C=O) groups is 1. The van der Waals surface area contributed by atoms with Crippen LogP contribution in [0.4, 0.5) is 0 Å². The molecular formula is C13H27N5O. The third kappa shape index (κ3) is 5.92. The Bertz CT molecular complexity index is 295. The van der Waals surface area contributed by atoms with E-state index >= 15 is 0 Å². The van der Waals surface area contributed by atoms with E-state index in [1.807, 2.05) is 11.8 Å². The molecule has 0 unspecified atom stereocenters. The number of nitrogens with two attached hydrogens (primary N) is 2. The standard InChI is InChI=1S/C13H27N5O/c1-2-16-11(7-6-8-17-13(14)15)12(19)18-9-4-3-5-10-18/h11,16H,2-10H2,1H3,(H4,14,15,17)/t11-/m0/s1. The Balaban J connectivity index is 2.41. The molecule has 6 heteroatoms. The molecule has 0 aromatic carbocycles. The lowest BCUT2D eigenvalue weighted by Crippen LogP contribution is -2.48. The molecule has 1 aliphatic heterocycles. The van der Waals surface area contributed by atoms with E-state index in [1.54, 1.807) is 0 Å². The number of likely N-dealkylation sites (N-methyl/N-ethyl adjacent to an activating group) is 1. The van der Waals surface area contributed by atoms with E-state index in [-0.39, 0.29) is 17.9 Å². The SMILES string of the molecule is CCN[C@@H](CCCN=C(N)N)C(=O)N1CCCCC1. The smallest absolute Gasteiger partial charge is 0.239 e. The summed E-state index contributed by atoms with van der Waals surface area (Å²) in [5.41, 5.74) is 10.6. The highest BCUT2D eigenvalue weighted by molar-refractivity contribution is 5.82. The van der Waals surface area contributed by atoms with Crippen molar-refractivity contribution in [2.45, 2.75) is 45.1 Å². The summed E-state index contributed by atoms with van der Waals surface area (Å²) in [5, 5.41) is 3.27. The van der Waals surface area contributed by atoms with E-state index < -0.39 is 0 Å². The molecule has 19 heavy (non-hydrogen) atoms. The van der Waals surface area contributed by atoms with Gasteiger partial charge in [-0.3, -0.25) is 9.79 Å². The third-order valence-corrected chi connectivity index (χ3v) is 3.36. The highest BCUT2D eigenvalue weighted by atomic mass is 16.2. The maximum absolute atomic E-state index is 12.4. The minimum atomic E-state index is -0.0997. The summed E-state index contributed by atoms with van der Waals surface area (Å²) in [4.78, 5) is 18.3. The molecular weight excluding hydrogens is 242 g/mol. The lowest BCUT2D eigenvalue weighted by Gasteiger charge is -2.30. The number of likely N-dealkylation sites (tertiary alicyclic amines) is 1. The van der Waals surface area contributed by atoms with Gasteiger partial charge in [-0.2, -0.15) is 0 Å². The normalized spacial score (nSPS) is 17.0. The van der Waals surface area contributed by atoms with E-state index in [4.69, 9.17) is 11.5 Å². The number of guanidine groups is 1. The van der Waals surface area contributed by atoms with Gasteiger partial charge in [0.25, 0.3) is 0 Å². The predicted octanol–water partition coefficient (Wildman–Crippen LogP) is 0.0306. The van der Waals surface area contributed by atoms with E-state index in [2.05, 4.69) is 10.3 Å². The van der Waals surface area contributed by atoms with Crippen molar-refractivity contribution < 1.29 is 4.79 Å². The molecule has 0 aromatic heterocycles. The van der Waals surface area contributed by atoms with Gasteiger partial charge in [0.05, 0.1) is 6.04 Å². The van der Waals surface area contributed by atoms with Crippen molar-refractivity contribution in [1.29, 1.82) is 0 Å². The van der Waals surface area contributed by atoms with Gasteiger partial charge in [0.15, 0.2) is 5.96 Å². The van der Waals surface area contributed by atoms with Crippen molar-refractivity contribution in [3.63, 3.8) is 0 Å². The Morgan fingerprint density at radius 1 is 1.32 bits per heavy atom. The van der Waals surface area contributed by atoms with Gasteiger partial charge in [-0.05, 0) is 38.6 Å². The van der Waals surface area contributed by atoms with Crippen LogP contribution in [0.2, 0.25) is 0 Å². The number of amides is 1. The minimum Gasteiger partial charge on any atom is -0.370 e. The van der Waals surface area contributed by atoms with Crippen LogP contribution in [0.5, 0.6) is 0 Å². The Labute approximate surface area is 115 Å². The van der Waals surface area contributed by atoms with Crippen LogP contribution in [0.3, 0.4) is 0 Å². The first kappa shape index (κ1) is 15.8. The molecule has 0 spiro atoms. The van der Waals surface area contributed by atoms with Crippen molar-refractivity contribution in [2.24, 2.45) is 16.5 Å². The zero-order valence-corrected chi connectivity index (χ0v) is 11.9. The molecule has 1 atom stereocenters. The van der Waals surface area contributed by atoms with Gasteiger partial charge in [-0.25, -0.2) is 0 Å². The molecule has 110 valence electrons. The number of aliphatic imine (C=N–C) groups is 1. The second-order valence-electron chi connectivity index (χ2n) is 4.95. The fourth-order valence-corrected chi connectivity index (χ4v) is 2.40. The topological polar surface area (TPSA) is 96.7 Å². The number of rotatable bonds is 7. The van der Waals surface area contributed by atoms with Crippen molar-refractivity contribution in [2.75, 3.05) is 26.2 Å². The molecule has 5 N–H and O–H groups in total. The summed E-state index contributed by atoms with van der Waals surface area (Å²) in [6.45, 7) is 5.19. The summed E-state index contributed by atoms with van der Waals surface area (Å²) in [5.74, 6) is 0.341. The lowest BCUT2D eigenvalue weighted by molar-refractivity contribution is -0.134. The maximum Gasteiger partial charge on any atom is 0.239 e. The Morgan fingerprint density at radius 2 is 2.00 bits per heavy atom. The molecule has 0 saturated carbocycles. The van der Waals surface area contributed by atoms with E-state index in [0.29, 0.717) is 6.54 Å². The van der Waals surface area contributed by atoms with Gasteiger partial charge in [-0.1, -0.05) is 6.92 Å². The maximum atomic E-state index is 12.4. The monoisotopic (exact) mass is 269 g/mol. The molecule has 1 amide bonds. The molecule has 1 heterocycles. The van der Waals surface area contributed by atoms with Crippen LogP contribution in [0.1, 0.15) is 39.0 Å². The van der Waals surface area contributed by atoms with E-state index in [0.717, 1.165) is 45.3 Å². The van der Waals surface area contributed by atoms with E-state index in [1.165, 1.54) is 6.42 Å². The van der Waals surface area contributed by atoms with Gasteiger partial charge >= 0.3 is 0 Å². The fourth-order valence-electron chi connectivity index (χ4n) is 2.40. The van der Waals surface area contributed by atoms with Crippen molar-refractivity contribution in [1.82, 2.24) is 10.2 Å². The molecule has 1 fully saturated rings. The number of hydrogen-bond acceptors (Lipinski definition) is 3. The Morgan fingerprint density at radius 3 is 2.58 bits per heavy atom. The van der Waals surface area contributed by atoms with Crippen LogP contribution < -0.4 is 16.8 Å². The summed E-state index contributed by atoms with van der Waals surface area (Å²) in [6, 6.07) is -0.0997. The highest BCUT2D eigenvalue weighted by Crippen LogP contribution is 2.12. The van der Waals surface area contributed by atoms with Gasteiger partial charge in [0, 0.05) is 19.6 Å². The molecule has 0 aliphatic carbocycles. The predicted molar refractivity (Wildman–Crippen MR) is 77.8 cm³/mol. The highest BCUT2D eigenvalue weighted by Gasteiger charge is 2.24. The van der Waals surface area contributed by atoms with Crippen LogP contribution in [-0.4, -0.2) is 49.0 Å². The van der Waals surface area contributed by atoms with Crippen LogP contribution >= 0.6 is 0 Å². The second kappa shape index (κ2) is 8.74. The number of carbonyl (C=O) groups excluding carboxylic acids is 1. The first-order chi connectivity index (χ1) is 9.15. The van der Waals surface area contributed by atoms with Crippen LogP contribution in [-0.2, 0) is 4.79 Å². The molecule has 1 rings (SSSR count). The van der Waals surface area contributed by atoms with Crippen LogP contribution in [0.15, 0.2) is 4.99 Å². The summed E-state index contributed by atoms with van der Waals surface area (Å²) in [7, 11) is 0. The van der Waals surface area contributed by atoms with Gasteiger partial charge in [0.1, 0.15) is 0 Å². The molecule has 0 radical (unpaired) electrons. The number of hydrogen-bond donors (Lipinski definition) is 3. The first-order valence-electron chi connectivity index (χ1n) is 7.22. The van der Waals surface area contributed by atoms with Gasteiger partial charge < -0.3 is 21.7 Å². The Hall–Kier alpha value is -1.30. The third-order valence-electron chi connectivity index (χ3n) is 3.36. The van der Waals surface area contributed by atoms with Gasteiger partial charge in [0.2, 0.25) is 5.91 Å². The molecule has 0 bridgehead atoms. The number of nitrogens with zero attached hydrogens (tertiary/aromatic N) is 2. The molecule has 0 aromatic rings. The minimum absolute atomic E-state index is 0.0997. The van der Waals surface area contributed by atoms with Crippen LogP contribution in [0.25, 0.3) is 0 Å². The summed E-state index contributed by atoms with van der Waals surface area (Å²) >= 11 is 0. The second-order valence-corrected chi connectivity index (χ2v) is 4.95. The summed E-state index contributed by atoms with van der Waals surface area (Å²) in [6.07, 6.45) is 5.08. The number of nitrogens with one attached hydrogen (secondary N) is 1. The van der Waals surface area contributed by atoms with E-state index in [9.17, 15) is 4.79 Å². The first-order valence-corrected chi connectivity index (χ1v) is 7.22. The zero-order valence-electron chi connectivity index (χ0n) is 11.9. The zero-order chi connectivity index (χ0) is 14.1. The average molecular weight is 269 g/mol. The number of piperidine rings is 1. The van der Waals surface area contributed by atoms with Crippen molar-refractivity contribution >= 4 is 11.9 Å². The van der Waals surface area contributed by atoms with Crippen LogP contribution in [0, 0.1) is 0 Å². The fraction of sp³-hybridized carbons (Fsp3) is 0.846.